The molecule has 2 aliphatic rings. The van der Waals surface area contributed by atoms with Gasteiger partial charge in [-0.25, -0.2) is 9.97 Å². The summed E-state index contributed by atoms with van der Waals surface area (Å²) in [5.41, 5.74) is 2.97. The number of fused-ring (bicyclic) bond motifs is 4. The van der Waals surface area contributed by atoms with Crippen molar-refractivity contribution in [2.75, 3.05) is 0 Å². The van der Waals surface area contributed by atoms with E-state index in [2.05, 4.69) is 24.6 Å². The molecular weight excluding hydrogens is 354 g/mol. The van der Waals surface area contributed by atoms with Crippen molar-refractivity contribution in [3.05, 3.63) is 34.8 Å². The van der Waals surface area contributed by atoms with Gasteiger partial charge in [0, 0.05) is 31.6 Å². The third-order valence-electron chi connectivity index (χ3n) is 5.81. The van der Waals surface area contributed by atoms with Gasteiger partial charge in [0.25, 0.3) is 5.91 Å². The van der Waals surface area contributed by atoms with Crippen LogP contribution in [0.3, 0.4) is 0 Å². The maximum Gasteiger partial charge on any atom is 0.254 e. The van der Waals surface area contributed by atoms with Gasteiger partial charge in [0.2, 0.25) is 0 Å². The monoisotopic (exact) mass is 379 g/mol. The van der Waals surface area contributed by atoms with Crippen LogP contribution in [-0.2, 0) is 25.9 Å². The highest BCUT2D eigenvalue weighted by molar-refractivity contribution is 6.04. The van der Waals surface area contributed by atoms with E-state index in [1.54, 1.807) is 0 Å². The largest absolute Gasteiger partial charge is 0.342 e. The molecular formula is C20H25N7O. The van der Waals surface area contributed by atoms with Crippen molar-refractivity contribution in [2.24, 2.45) is 0 Å². The summed E-state index contributed by atoms with van der Waals surface area (Å²) < 4.78 is 4.32. The zero-order valence-electron chi connectivity index (χ0n) is 16.4. The number of carbonyl (C=O) groups is 1. The number of hydrogen-bond donors (Lipinski definition) is 1. The standard InChI is InChI=1S/C20H25N7O/c1-12-11-14(17-19(21-12)26-9-5-3-4-7-15(26)23-17)20(28)22-13(2)18-25-24-16-8-6-10-27(16)18/h11,13H,3-10H2,1-2H3,(H,22,28)/t13-/m1/s1. The molecule has 0 aromatic carbocycles. The predicted molar refractivity (Wildman–Crippen MR) is 104 cm³/mol. The van der Waals surface area contributed by atoms with E-state index in [4.69, 9.17) is 9.97 Å². The quantitative estimate of drug-likeness (QED) is 0.755. The molecule has 8 heteroatoms. The second-order valence-electron chi connectivity index (χ2n) is 7.90. The van der Waals surface area contributed by atoms with Gasteiger partial charge < -0.3 is 14.5 Å². The average Bonchev–Trinajstić information content (AvgIpc) is 3.31. The number of pyridine rings is 1. The normalized spacial score (nSPS) is 17.2. The summed E-state index contributed by atoms with van der Waals surface area (Å²) in [6.07, 6.45) is 6.47. The Morgan fingerprint density at radius 1 is 1.04 bits per heavy atom. The lowest BCUT2D eigenvalue weighted by atomic mass is 10.1. The minimum atomic E-state index is -0.212. The molecule has 1 N–H and O–H groups in total. The molecule has 8 nitrogen and oxygen atoms in total. The third kappa shape index (κ3) is 2.78. The smallest absolute Gasteiger partial charge is 0.254 e. The summed E-state index contributed by atoms with van der Waals surface area (Å²) in [5.74, 6) is 2.74. The van der Waals surface area contributed by atoms with Gasteiger partial charge in [0.15, 0.2) is 11.5 Å². The molecule has 1 amide bonds. The molecule has 0 unspecified atom stereocenters. The van der Waals surface area contributed by atoms with E-state index >= 15 is 0 Å². The Balaban J connectivity index is 1.49. The average molecular weight is 379 g/mol. The summed E-state index contributed by atoms with van der Waals surface area (Å²) >= 11 is 0. The van der Waals surface area contributed by atoms with Crippen LogP contribution in [0.5, 0.6) is 0 Å². The number of amides is 1. The van der Waals surface area contributed by atoms with Gasteiger partial charge in [0.05, 0.1) is 11.6 Å². The van der Waals surface area contributed by atoms with Gasteiger partial charge in [-0.3, -0.25) is 4.79 Å². The number of hydrogen-bond acceptors (Lipinski definition) is 5. The number of imidazole rings is 1. The van der Waals surface area contributed by atoms with Gasteiger partial charge in [0.1, 0.15) is 17.2 Å². The second-order valence-corrected chi connectivity index (χ2v) is 7.90. The summed E-state index contributed by atoms with van der Waals surface area (Å²) in [6, 6.07) is 1.63. The number of carbonyl (C=O) groups excluding carboxylic acids is 1. The fourth-order valence-corrected chi connectivity index (χ4v) is 4.42. The Kier molecular flexibility index (Phi) is 4.14. The maximum atomic E-state index is 13.2. The molecule has 1 atom stereocenters. The van der Waals surface area contributed by atoms with Crippen molar-refractivity contribution in [1.29, 1.82) is 0 Å². The van der Waals surface area contributed by atoms with Crippen molar-refractivity contribution in [3.63, 3.8) is 0 Å². The summed E-state index contributed by atoms with van der Waals surface area (Å²) in [4.78, 5) is 22.7. The maximum absolute atomic E-state index is 13.2. The van der Waals surface area contributed by atoms with E-state index in [9.17, 15) is 4.79 Å². The van der Waals surface area contributed by atoms with E-state index < -0.39 is 0 Å². The van der Waals surface area contributed by atoms with E-state index in [0.29, 0.717) is 11.1 Å². The first kappa shape index (κ1) is 17.3. The van der Waals surface area contributed by atoms with Crippen LogP contribution in [-0.4, -0.2) is 35.2 Å². The zero-order valence-corrected chi connectivity index (χ0v) is 16.4. The molecule has 0 spiro atoms. The molecule has 0 bridgehead atoms. The lowest BCUT2D eigenvalue weighted by Crippen LogP contribution is -2.29. The molecule has 2 aliphatic heterocycles. The van der Waals surface area contributed by atoms with E-state index in [1.165, 1.54) is 6.42 Å². The van der Waals surface area contributed by atoms with E-state index in [1.807, 2.05) is 19.9 Å². The molecule has 0 saturated carbocycles. The highest BCUT2D eigenvalue weighted by Gasteiger charge is 2.25. The van der Waals surface area contributed by atoms with E-state index in [0.717, 1.165) is 74.0 Å². The van der Waals surface area contributed by atoms with Gasteiger partial charge in [-0.05, 0) is 39.2 Å². The third-order valence-corrected chi connectivity index (χ3v) is 5.81. The van der Waals surface area contributed by atoms with Crippen LogP contribution in [0, 0.1) is 6.92 Å². The molecule has 5 rings (SSSR count). The van der Waals surface area contributed by atoms with Crippen molar-refractivity contribution >= 4 is 17.1 Å². The van der Waals surface area contributed by atoms with Crippen LogP contribution in [0.15, 0.2) is 6.07 Å². The van der Waals surface area contributed by atoms with Crippen molar-refractivity contribution in [3.8, 4) is 0 Å². The van der Waals surface area contributed by atoms with Crippen LogP contribution in [0.25, 0.3) is 11.2 Å². The summed E-state index contributed by atoms with van der Waals surface area (Å²) in [5, 5.41) is 11.6. The predicted octanol–water partition coefficient (Wildman–Crippen LogP) is 2.49. The molecule has 5 heterocycles. The number of rotatable bonds is 3. The Labute approximate surface area is 163 Å². The fourth-order valence-electron chi connectivity index (χ4n) is 4.42. The minimum absolute atomic E-state index is 0.133. The lowest BCUT2D eigenvalue weighted by molar-refractivity contribution is 0.0939. The second kappa shape index (κ2) is 6.68. The number of nitrogens with one attached hydrogen (secondary N) is 1. The molecule has 3 aromatic rings. The highest BCUT2D eigenvalue weighted by Crippen LogP contribution is 2.25. The van der Waals surface area contributed by atoms with Crippen molar-refractivity contribution in [1.82, 2.24) is 34.6 Å². The van der Waals surface area contributed by atoms with Gasteiger partial charge in [-0.15, -0.1) is 10.2 Å². The minimum Gasteiger partial charge on any atom is -0.342 e. The first-order chi connectivity index (χ1) is 13.6. The van der Waals surface area contributed by atoms with Gasteiger partial charge in [-0.2, -0.15) is 0 Å². The van der Waals surface area contributed by atoms with Crippen LogP contribution in [0.2, 0.25) is 0 Å². The van der Waals surface area contributed by atoms with Crippen LogP contribution >= 0.6 is 0 Å². The first-order valence-corrected chi connectivity index (χ1v) is 10.2. The Bertz CT molecular complexity index is 1060. The molecule has 3 aromatic heterocycles. The summed E-state index contributed by atoms with van der Waals surface area (Å²) in [6.45, 7) is 5.73. The van der Waals surface area contributed by atoms with Crippen molar-refractivity contribution < 1.29 is 4.79 Å². The van der Waals surface area contributed by atoms with E-state index in [-0.39, 0.29) is 11.9 Å². The molecule has 0 radical (unpaired) electrons. The lowest BCUT2D eigenvalue weighted by Gasteiger charge is -2.14. The Hall–Kier alpha value is -2.77. The molecule has 0 aliphatic carbocycles. The molecule has 0 fully saturated rings. The number of aryl methyl sites for hydroxylation is 4. The topological polar surface area (TPSA) is 90.5 Å². The fraction of sp³-hybridized carbons (Fsp3) is 0.550. The first-order valence-electron chi connectivity index (χ1n) is 10.2. The highest BCUT2D eigenvalue weighted by atomic mass is 16.1. The van der Waals surface area contributed by atoms with Crippen molar-refractivity contribution in [2.45, 2.75) is 71.5 Å². The number of nitrogens with zero attached hydrogens (tertiary/aromatic N) is 6. The van der Waals surface area contributed by atoms with Gasteiger partial charge in [-0.1, -0.05) is 6.42 Å². The zero-order chi connectivity index (χ0) is 19.3. The van der Waals surface area contributed by atoms with Crippen LogP contribution < -0.4 is 5.32 Å². The van der Waals surface area contributed by atoms with Crippen LogP contribution in [0.4, 0.5) is 0 Å². The Morgan fingerprint density at radius 3 is 2.75 bits per heavy atom. The molecule has 28 heavy (non-hydrogen) atoms. The molecule has 146 valence electrons. The van der Waals surface area contributed by atoms with Crippen LogP contribution in [0.1, 0.15) is 72.2 Å². The molecule has 0 saturated heterocycles. The number of aromatic nitrogens is 6. The van der Waals surface area contributed by atoms with Gasteiger partial charge >= 0.3 is 0 Å². The summed E-state index contributed by atoms with van der Waals surface area (Å²) in [7, 11) is 0. The SMILES string of the molecule is Cc1cc(C(=O)N[C@H](C)c2nnc3n2CCC3)c2nc3n(c2n1)CCCCC3. The Morgan fingerprint density at radius 2 is 1.86 bits per heavy atom.